The van der Waals surface area contributed by atoms with Gasteiger partial charge in [0.05, 0.1) is 18.7 Å². The lowest BCUT2D eigenvalue weighted by Gasteiger charge is -2.35. The molecule has 0 spiro atoms. The number of aromatic nitrogens is 3. The van der Waals surface area contributed by atoms with Crippen LogP contribution in [0.1, 0.15) is 43.7 Å². The van der Waals surface area contributed by atoms with Crippen LogP contribution in [-0.2, 0) is 24.8 Å². The van der Waals surface area contributed by atoms with Crippen LogP contribution >= 0.6 is 0 Å². The summed E-state index contributed by atoms with van der Waals surface area (Å²) in [4.78, 5) is 20.2. The number of hydrogen-bond acceptors (Lipinski definition) is 5. The van der Waals surface area contributed by atoms with Gasteiger partial charge in [0.2, 0.25) is 11.8 Å². The van der Waals surface area contributed by atoms with Gasteiger partial charge in [-0.05, 0) is 43.7 Å². The second-order valence-electron chi connectivity index (χ2n) is 8.33. The molecular formula is C22H31N5O2. The predicted molar refractivity (Wildman–Crippen MR) is 110 cm³/mol. The lowest BCUT2D eigenvalue weighted by Crippen LogP contribution is -2.49. The van der Waals surface area contributed by atoms with Gasteiger partial charge in [-0.2, -0.15) is 5.10 Å². The number of carbonyl (C=O) groups excluding carboxylic acids is 1. The molecule has 0 radical (unpaired) electrons. The Labute approximate surface area is 172 Å². The maximum absolute atomic E-state index is 13.3. The molecule has 1 N–H and O–H groups in total. The third kappa shape index (κ3) is 3.64. The average molecular weight is 398 g/mol. The van der Waals surface area contributed by atoms with Crippen molar-refractivity contribution in [3.63, 3.8) is 0 Å². The standard InChI is InChI=1S/C22H31N5O2/c1-4-22(21(28)24-11-9-16-13-25-26(2)14-16)12-18-7-8-19(22)27(18)15-17-6-5-10-23-20(17)29-3/h5-6,10,13-14,18-19H,4,7-9,11-12,15H2,1-3H3,(H,24,28)/t18-,19+,22+/m0/s1. The smallest absolute Gasteiger partial charge is 0.227 e. The Morgan fingerprint density at radius 3 is 3.00 bits per heavy atom. The highest BCUT2D eigenvalue weighted by Crippen LogP contribution is 2.52. The van der Waals surface area contributed by atoms with Crippen molar-refractivity contribution in [2.75, 3.05) is 13.7 Å². The minimum absolute atomic E-state index is 0.208. The minimum atomic E-state index is -0.298. The number of amides is 1. The van der Waals surface area contributed by atoms with Gasteiger partial charge < -0.3 is 10.1 Å². The molecule has 4 heterocycles. The summed E-state index contributed by atoms with van der Waals surface area (Å²) in [7, 11) is 3.58. The van der Waals surface area contributed by atoms with E-state index in [1.807, 2.05) is 25.5 Å². The number of aryl methyl sites for hydroxylation is 1. The van der Waals surface area contributed by atoms with Crippen LogP contribution in [-0.4, -0.2) is 51.3 Å². The first-order valence-corrected chi connectivity index (χ1v) is 10.6. The van der Waals surface area contributed by atoms with E-state index in [-0.39, 0.29) is 17.4 Å². The molecule has 1 amide bonds. The van der Waals surface area contributed by atoms with E-state index >= 15 is 0 Å². The van der Waals surface area contributed by atoms with E-state index in [4.69, 9.17) is 4.74 Å². The van der Waals surface area contributed by atoms with Gasteiger partial charge in [-0.3, -0.25) is 14.4 Å². The Balaban J connectivity index is 1.44. The Kier molecular flexibility index (Phi) is 5.58. The lowest BCUT2D eigenvalue weighted by atomic mass is 9.71. The molecule has 2 aromatic heterocycles. The van der Waals surface area contributed by atoms with E-state index in [9.17, 15) is 4.79 Å². The molecule has 3 atom stereocenters. The monoisotopic (exact) mass is 397 g/mol. The van der Waals surface area contributed by atoms with Crippen molar-refractivity contribution in [2.45, 2.75) is 57.7 Å². The molecule has 2 fully saturated rings. The maximum Gasteiger partial charge on any atom is 0.227 e. The summed E-state index contributed by atoms with van der Waals surface area (Å²) >= 11 is 0. The van der Waals surface area contributed by atoms with E-state index in [2.05, 4.69) is 33.3 Å². The van der Waals surface area contributed by atoms with Crippen LogP contribution in [0.15, 0.2) is 30.7 Å². The van der Waals surface area contributed by atoms with Gasteiger partial charge in [0, 0.05) is 50.2 Å². The first-order valence-electron chi connectivity index (χ1n) is 10.6. The van der Waals surface area contributed by atoms with E-state index < -0.39 is 0 Å². The summed E-state index contributed by atoms with van der Waals surface area (Å²) in [5, 5.41) is 7.42. The molecule has 0 aliphatic carbocycles. The van der Waals surface area contributed by atoms with Crippen LogP contribution in [0.5, 0.6) is 5.88 Å². The van der Waals surface area contributed by atoms with Gasteiger partial charge in [0.1, 0.15) is 0 Å². The van der Waals surface area contributed by atoms with Crippen LogP contribution in [0, 0.1) is 5.41 Å². The Morgan fingerprint density at radius 1 is 1.41 bits per heavy atom. The van der Waals surface area contributed by atoms with Gasteiger partial charge in [-0.25, -0.2) is 4.98 Å². The fraction of sp³-hybridized carbons (Fsp3) is 0.591. The van der Waals surface area contributed by atoms with Crippen molar-refractivity contribution < 1.29 is 9.53 Å². The molecule has 2 aliphatic heterocycles. The molecule has 0 unspecified atom stereocenters. The summed E-state index contributed by atoms with van der Waals surface area (Å²) < 4.78 is 7.24. The normalized spacial score (nSPS) is 26.0. The lowest BCUT2D eigenvalue weighted by molar-refractivity contribution is -0.133. The number of nitrogens with zero attached hydrogens (tertiary/aromatic N) is 4. The molecule has 156 valence electrons. The van der Waals surface area contributed by atoms with Crippen molar-refractivity contribution >= 4 is 5.91 Å². The Bertz CT molecular complexity index is 866. The van der Waals surface area contributed by atoms with E-state index in [1.54, 1.807) is 18.0 Å². The van der Waals surface area contributed by atoms with Crippen molar-refractivity contribution in [1.29, 1.82) is 0 Å². The maximum atomic E-state index is 13.3. The number of rotatable bonds is 8. The first kappa shape index (κ1) is 19.9. The predicted octanol–water partition coefficient (Wildman–Crippen LogP) is 2.32. The highest BCUT2D eigenvalue weighted by atomic mass is 16.5. The Morgan fingerprint density at radius 2 is 2.28 bits per heavy atom. The zero-order chi connectivity index (χ0) is 20.4. The SMILES string of the molecule is CC[C@@]1(C(=O)NCCc2cnn(C)c2)C[C@@H]2CC[C@H]1N2Cc1cccnc1OC. The van der Waals surface area contributed by atoms with E-state index in [0.29, 0.717) is 18.5 Å². The number of pyridine rings is 1. The molecule has 7 heteroatoms. The number of fused-ring (bicyclic) bond motifs is 2. The summed E-state index contributed by atoms with van der Waals surface area (Å²) in [6.07, 6.45) is 10.5. The molecule has 4 rings (SSSR count). The van der Waals surface area contributed by atoms with Crippen molar-refractivity contribution in [1.82, 2.24) is 25.0 Å². The first-order chi connectivity index (χ1) is 14.1. The van der Waals surface area contributed by atoms with E-state index in [1.165, 1.54) is 0 Å². The summed E-state index contributed by atoms with van der Waals surface area (Å²) in [6, 6.07) is 4.76. The molecule has 0 saturated carbocycles. The van der Waals surface area contributed by atoms with Crippen LogP contribution < -0.4 is 10.1 Å². The van der Waals surface area contributed by atoms with Crippen LogP contribution in [0.4, 0.5) is 0 Å². The van der Waals surface area contributed by atoms with Crippen LogP contribution in [0.25, 0.3) is 0 Å². The molecular weight excluding hydrogens is 366 g/mol. The van der Waals surface area contributed by atoms with Gasteiger partial charge in [0.25, 0.3) is 0 Å². The average Bonchev–Trinajstić information content (AvgIpc) is 3.41. The highest BCUT2D eigenvalue weighted by Gasteiger charge is 2.58. The fourth-order valence-corrected chi connectivity index (χ4v) is 5.35. The fourth-order valence-electron chi connectivity index (χ4n) is 5.35. The van der Waals surface area contributed by atoms with Gasteiger partial charge >= 0.3 is 0 Å². The number of methoxy groups -OCH3 is 1. The Hall–Kier alpha value is -2.41. The topological polar surface area (TPSA) is 72.3 Å². The molecule has 2 aliphatic rings. The van der Waals surface area contributed by atoms with Gasteiger partial charge in [0.15, 0.2) is 0 Å². The number of hydrogen-bond donors (Lipinski definition) is 1. The second-order valence-corrected chi connectivity index (χ2v) is 8.33. The van der Waals surface area contributed by atoms with E-state index in [0.717, 1.165) is 49.8 Å². The molecule has 2 bridgehead atoms. The molecule has 2 saturated heterocycles. The van der Waals surface area contributed by atoms with Crippen molar-refractivity contribution in [3.8, 4) is 5.88 Å². The zero-order valence-corrected chi connectivity index (χ0v) is 17.6. The molecule has 29 heavy (non-hydrogen) atoms. The third-order valence-corrected chi connectivity index (χ3v) is 6.82. The summed E-state index contributed by atoms with van der Waals surface area (Å²) in [5.41, 5.74) is 1.94. The largest absolute Gasteiger partial charge is 0.481 e. The van der Waals surface area contributed by atoms with Gasteiger partial charge in [-0.15, -0.1) is 0 Å². The molecule has 0 aromatic carbocycles. The quantitative estimate of drug-likeness (QED) is 0.740. The van der Waals surface area contributed by atoms with Crippen LogP contribution in [0.3, 0.4) is 0 Å². The highest BCUT2D eigenvalue weighted by molar-refractivity contribution is 5.84. The molecule has 2 aromatic rings. The zero-order valence-electron chi connectivity index (χ0n) is 17.6. The second kappa shape index (κ2) is 8.14. The number of carbonyl (C=O) groups is 1. The summed E-state index contributed by atoms with van der Waals surface area (Å²) in [5.74, 6) is 0.890. The van der Waals surface area contributed by atoms with Gasteiger partial charge in [-0.1, -0.05) is 13.0 Å². The minimum Gasteiger partial charge on any atom is -0.481 e. The number of nitrogens with one attached hydrogen (secondary N) is 1. The van der Waals surface area contributed by atoms with Crippen molar-refractivity contribution in [3.05, 3.63) is 41.9 Å². The number of ether oxygens (including phenoxy) is 1. The molecule has 7 nitrogen and oxygen atoms in total. The van der Waals surface area contributed by atoms with Crippen molar-refractivity contribution in [2.24, 2.45) is 12.5 Å². The third-order valence-electron chi connectivity index (χ3n) is 6.82. The summed E-state index contributed by atoms with van der Waals surface area (Å²) in [6.45, 7) is 3.60. The van der Waals surface area contributed by atoms with Crippen LogP contribution in [0.2, 0.25) is 0 Å².